The van der Waals surface area contributed by atoms with Gasteiger partial charge in [0.1, 0.15) is 5.75 Å². The van der Waals surface area contributed by atoms with Crippen molar-refractivity contribution in [3.05, 3.63) is 47.9 Å². The molecule has 4 N–H and O–H groups in total. The minimum atomic E-state index is -0.196. The van der Waals surface area contributed by atoms with Gasteiger partial charge in [0, 0.05) is 25.8 Å². The van der Waals surface area contributed by atoms with Crippen molar-refractivity contribution in [1.29, 1.82) is 0 Å². The largest absolute Gasteiger partial charge is 0.491 e. The summed E-state index contributed by atoms with van der Waals surface area (Å²) < 4.78 is 5.82. The average molecular weight is 409 g/mol. The summed E-state index contributed by atoms with van der Waals surface area (Å²) in [6.45, 7) is 4.05. The van der Waals surface area contributed by atoms with E-state index in [2.05, 4.69) is 49.1 Å². The Balaban J connectivity index is 1.07. The minimum absolute atomic E-state index is 0.196. The van der Waals surface area contributed by atoms with E-state index in [1.807, 2.05) is 12.1 Å². The number of ether oxygens (including phenoxy) is 1. The zero-order valence-corrected chi connectivity index (χ0v) is 17.0. The van der Waals surface area contributed by atoms with Crippen LogP contribution in [-0.2, 0) is 6.42 Å². The SMILES string of the molecule is O=C(NCCCCNCCNc1cccc2c1OCCC2)c1nc2ncccc2[nH]1. The summed E-state index contributed by atoms with van der Waals surface area (Å²) in [5.74, 6) is 1.12. The number of aromatic amines is 1. The van der Waals surface area contributed by atoms with Crippen LogP contribution in [0.15, 0.2) is 36.5 Å². The molecule has 30 heavy (non-hydrogen) atoms. The number of imidazole rings is 1. The van der Waals surface area contributed by atoms with E-state index in [1.165, 1.54) is 5.56 Å². The van der Waals surface area contributed by atoms with Gasteiger partial charge in [0.15, 0.2) is 11.5 Å². The zero-order valence-electron chi connectivity index (χ0n) is 17.0. The van der Waals surface area contributed by atoms with Crippen molar-refractivity contribution in [3.8, 4) is 5.75 Å². The molecule has 8 heteroatoms. The van der Waals surface area contributed by atoms with Gasteiger partial charge < -0.3 is 25.7 Å². The molecule has 8 nitrogen and oxygen atoms in total. The molecule has 1 amide bonds. The van der Waals surface area contributed by atoms with Crippen molar-refractivity contribution in [1.82, 2.24) is 25.6 Å². The van der Waals surface area contributed by atoms with Gasteiger partial charge in [0.05, 0.1) is 17.8 Å². The van der Waals surface area contributed by atoms with Gasteiger partial charge >= 0.3 is 0 Å². The van der Waals surface area contributed by atoms with Gasteiger partial charge in [-0.3, -0.25) is 4.79 Å². The number of aryl methyl sites for hydroxylation is 1. The summed E-state index contributed by atoms with van der Waals surface area (Å²) in [5, 5.41) is 9.79. The minimum Gasteiger partial charge on any atom is -0.491 e. The van der Waals surface area contributed by atoms with E-state index in [-0.39, 0.29) is 5.91 Å². The molecule has 1 aliphatic heterocycles. The second-order valence-electron chi connectivity index (χ2n) is 7.35. The van der Waals surface area contributed by atoms with Crippen LogP contribution in [0.25, 0.3) is 11.2 Å². The van der Waals surface area contributed by atoms with E-state index in [0.29, 0.717) is 18.0 Å². The van der Waals surface area contributed by atoms with Crippen molar-refractivity contribution >= 4 is 22.8 Å². The molecular formula is C22H28N6O2. The van der Waals surface area contributed by atoms with Crippen LogP contribution >= 0.6 is 0 Å². The molecule has 0 saturated carbocycles. The molecule has 1 aromatic carbocycles. The standard InChI is InChI=1S/C22H28N6O2/c29-22(21-27-18-9-4-12-25-20(18)28-21)26-11-2-1-10-23-13-14-24-17-8-3-6-16-7-5-15-30-19(16)17/h3-4,6,8-9,12,23-24H,1-2,5,7,10-11,13-15H2,(H,26,29)(H,25,27,28). The highest BCUT2D eigenvalue weighted by Gasteiger charge is 2.13. The second-order valence-corrected chi connectivity index (χ2v) is 7.35. The lowest BCUT2D eigenvalue weighted by Crippen LogP contribution is -2.27. The lowest BCUT2D eigenvalue weighted by Gasteiger charge is -2.21. The van der Waals surface area contributed by atoms with Gasteiger partial charge in [0.2, 0.25) is 0 Å². The molecule has 0 bridgehead atoms. The maximum absolute atomic E-state index is 12.2. The van der Waals surface area contributed by atoms with Crippen LogP contribution in [0.1, 0.15) is 35.4 Å². The highest BCUT2D eigenvalue weighted by Crippen LogP contribution is 2.32. The molecular weight excluding hydrogens is 380 g/mol. The van der Waals surface area contributed by atoms with Crippen LogP contribution in [0.5, 0.6) is 5.75 Å². The molecule has 0 saturated heterocycles. The van der Waals surface area contributed by atoms with Crippen molar-refractivity contribution in [2.75, 3.05) is 38.1 Å². The van der Waals surface area contributed by atoms with Crippen LogP contribution in [0.2, 0.25) is 0 Å². The van der Waals surface area contributed by atoms with Crippen LogP contribution in [0.3, 0.4) is 0 Å². The number of H-pyrrole nitrogens is 1. The first-order chi connectivity index (χ1) is 14.8. The first-order valence-corrected chi connectivity index (χ1v) is 10.6. The predicted octanol–water partition coefficient (Wildman–Crippen LogP) is 2.49. The fourth-order valence-corrected chi connectivity index (χ4v) is 3.55. The number of fused-ring (bicyclic) bond motifs is 2. The molecule has 4 rings (SSSR count). The number of nitrogens with one attached hydrogen (secondary N) is 4. The molecule has 0 spiro atoms. The quantitative estimate of drug-likeness (QED) is 0.384. The molecule has 3 heterocycles. The molecule has 1 aliphatic rings. The Morgan fingerprint density at radius 1 is 1.10 bits per heavy atom. The zero-order chi connectivity index (χ0) is 20.6. The van der Waals surface area contributed by atoms with Crippen molar-refractivity contribution in [2.24, 2.45) is 0 Å². The van der Waals surface area contributed by atoms with Gasteiger partial charge in [-0.1, -0.05) is 12.1 Å². The Labute approximate surface area is 175 Å². The fraction of sp³-hybridized carbons (Fsp3) is 0.409. The Kier molecular flexibility index (Phi) is 6.76. The van der Waals surface area contributed by atoms with Crippen LogP contribution in [0.4, 0.5) is 5.69 Å². The normalized spacial score (nSPS) is 12.9. The molecule has 158 valence electrons. The molecule has 0 aliphatic carbocycles. The number of carbonyl (C=O) groups is 1. The predicted molar refractivity (Wildman–Crippen MR) is 117 cm³/mol. The summed E-state index contributed by atoms with van der Waals surface area (Å²) in [5.41, 5.74) is 3.70. The van der Waals surface area contributed by atoms with Gasteiger partial charge in [-0.25, -0.2) is 9.97 Å². The number of unbranched alkanes of at least 4 members (excludes halogenated alkanes) is 1. The number of hydrogen-bond acceptors (Lipinski definition) is 6. The summed E-state index contributed by atoms with van der Waals surface area (Å²) in [6, 6.07) is 9.96. The van der Waals surface area contributed by atoms with E-state index >= 15 is 0 Å². The number of nitrogens with zero attached hydrogens (tertiary/aromatic N) is 2. The lowest BCUT2D eigenvalue weighted by molar-refractivity contribution is 0.0944. The highest BCUT2D eigenvalue weighted by atomic mass is 16.5. The number of hydrogen-bond donors (Lipinski definition) is 4. The Bertz CT molecular complexity index is 954. The fourth-order valence-electron chi connectivity index (χ4n) is 3.55. The third-order valence-corrected chi connectivity index (χ3v) is 5.09. The van der Waals surface area contributed by atoms with Gasteiger partial charge in [0.25, 0.3) is 5.91 Å². The molecule has 3 aromatic rings. The third kappa shape index (κ3) is 5.07. The third-order valence-electron chi connectivity index (χ3n) is 5.09. The number of anilines is 1. The Morgan fingerprint density at radius 2 is 2.03 bits per heavy atom. The summed E-state index contributed by atoms with van der Waals surface area (Å²) in [7, 11) is 0. The van der Waals surface area contributed by atoms with Gasteiger partial charge in [-0.2, -0.15) is 0 Å². The maximum atomic E-state index is 12.2. The monoisotopic (exact) mass is 408 g/mol. The van der Waals surface area contributed by atoms with Crippen LogP contribution in [0, 0.1) is 0 Å². The molecule has 2 aromatic heterocycles. The highest BCUT2D eigenvalue weighted by molar-refractivity contribution is 5.93. The van der Waals surface area contributed by atoms with Gasteiger partial charge in [-0.05, 0) is 56.0 Å². The molecule has 0 unspecified atom stereocenters. The number of aromatic nitrogens is 3. The summed E-state index contributed by atoms with van der Waals surface area (Å²) in [4.78, 5) is 23.5. The van der Waals surface area contributed by atoms with E-state index in [1.54, 1.807) is 6.20 Å². The Hall–Kier alpha value is -3.13. The maximum Gasteiger partial charge on any atom is 0.287 e. The summed E-state index contributed by atoms with van der Waals surface area (Å²) in [6.07, 6.45) is 5.74. The van der Waals surface area contributed by atoms with E-state index < -0.39 is 0 Å². The Morgan fingerprint density at radius 3 is 2.97 bits per heavy atom. The van der Waals surface area contributed by atoms with Crippen molar-refractivity contribution < 1.29 is 9.53 Å². The van der Waals surface area contributed by atoms with Gasteiger partial charge in [-0.15, -0.1) is 0 Å². The van der Waals surface area contributed by atoms with E-state index in [0.717, 1.165) is 68.9 Å². The number of rotatable bonds is 10. The van der Waals surface area contributed by atoms with E-state index in [9.17, 15) is 4.79 Å². The average Bonchev–Trinajstić information content (AvgIpc) is 3.22. The first-order valence-electron chi connectivity index (χ1n) is 10.6. The molecule has 0 radical (unpaired) electrons. The van der Waals surface area contributed by atoms with E-state index in [4.69, 9.17) is 4.74 Å². The number of pyridine rings is 1. The topological polar surface area (TPSA) is 104 Å². The first kappa shape index (κ1) is 20.2. The smallest absolute Gasteiger partial charge is 0.287 e. The van der Waals surface area contributed by atoms with Crippen molar-refractivity contribution in [2.45, 2.75) is 25.7 Å². The molecule has 0 fully saturated rings. The lowest BCUT2D eigenvalue weighted by atomic mass is 10.1. The number of para-hydroxylation sites is 1. The second kappa shape index (κ2) is 10.1. The summed E-state index contributed by atoms with van der Waals surface area (Å²) >= 11 is 0. The number of carbonyl (C=O) groups excluding carboxylic acids is 1. The van der Waals surface area contributed by atoms with Crippen molar-refractivity contribution in [3.63, 3.8) is 0 Å². The number of benzene rings is 1. The number of amides is 1. The molecule has 0 atom stereocenters. The van der Waals surface area contributed by atoms with Crippen LogP contribution in [-0.4, -0.2) is 53.6 Å². The van der Waals surface area contributed by atoms with Crippen LogP contribution < -0.4 is 20.7 Å².